The molecule has 5 rings (SSSR count). The molecule has 3 aromatic heterocycles. The van der Waals surface area contributed by atoms with Crippen LogP contribution in [0.4, 0.5) is 17.3 Å². The Morgan fingerprint density at radius 1 is 1.17 bits per heavy atom. The average molecular weight is 476 g/mol. The van der Waals surface area contributed by atoms with Gasteiger partial charge in [0.05, 0.1) is 36.6 Å². The number of ether oxygens (including phenoxy) is 1. The maximum Gasteiger partial charge on any atom is 0.253 e. The second-order valence-corrected chi connectivity index (χ2v) is 8.82. The van der Waals surface area contributed by atoms with Gasteiger partial charge < -0.3 is 19.9 Å². The molecule has 1 aromatic carbocycles. The lowest BCUT2D eigenvalue weighted by Gasteiger charge is -2.27. The van der Waals surface area contributed by atoms with Gasteiger partial charge in [-0.15, -0.1) is 0 Å². The van der Waals surface area contributed by atoms with Crippen molar-refractivity contribution in [2.45, 2.75) is 19.5 Å². The van der Waals surface area contributed by atoms with Crippen LogP contribution in [0.2, 0.25) is 0 Å². The first-order valence-electron chi connectivity index (χ1n) is 11.6. The molecule has 0 saturated carbocycles. The maximum atomic E-state index is 12.2. The Morgan fingerprint density at radius 2 is 2.09 bits per heavy atom. The molecule has 0 spiro atoms. The van der Waals surface area contributed by atoms with E-state index in [9.17, 15) is 4.79 Å². The number of nitrogens with zero attached hydrogens (tertiary/aromatic N) is 8. The van der Waals surface area contributed by atoms with Gasteiger partial charge in [0, 0.05) is 31.2 Å². The Kier molecular flexibility index (Phi) is 6.68. The second-order valence-electron chi connectivity index (χ2n) is 8.82. The normalized spacial score (nSPS) is 14.3. The van der Waals surface area contributed by atoms with Crippen LogP contribution in [-0.4, -0.2) is 80.7 Å². The Morgan fingerprint density at radius 3 is 2.94 bits per heavy atom. The molecular weight excluding hydrogens is 446 g/mol. The second kappa shape index (κ2) is 10.2. The summed E-state index contributed by atoms with van der Waals surface area (Å²) >= 11 is 0. The molecule has 1 amide bonds. The molecule has 11 heteroatoms. The molecule has 1 fully saturated rings. The van der Waals surface area contributed by atoms with E-state index in [1.807, 2.05) is 39.8 Å². The molecule has 4 heterocycles. The first-order chi connectivity index (χ1) is 17.0. The number of aromatic nitrogens is 6. The zero-order valence-corrected chi connectivity index (χ0v) is 20.0. The summed E-state index contributed by atoms with van der Waals surface area (Å²) in [5, 5.41) is 13.0. The minimum atomic E-state index is -0.0255. The van der Waals surface area contributed by atoms with Gasteiger partial charge in [0.15, 0.2) is 5.65 Å². The van der Waals surface area contributed by atoms with E-state index in [1.54, 1.807) is 23.5 Å². The first-order valence-corrected chi connectivity index (χ1v) is 11.6. The van der Waals surface area contributed by atoms with E-state index in [-0.39, 0.29) is 12.5 Å². The van der Waals surface area contributed by atoms with E-state index in [1.165, 1.54) is 0 Å². The fourth-order valence-electron chi connectivity index (χ4n) is 4.06. The van der Waals surface area contributed by atoms with E-state index in [2.05, 4.69) is 39.5 Å². The summed E-state index contributed by atoms with van der Waals surface area (Å²) in [5.74, 6) is 0.460. The van der Waals surface area contributed by atoms with Crippen LogP contribution in [0.1, 0.15) is 12.0 Å². The van der Waals surface area contributed by atoms with E-state index in [0.717, 1.165) is 47.5 Å². The third kappa shape index (κ3) is 5.47. The minimum Gasteiger partial charge on any atom is -0.370 e. The molecule has 11 nitrogen and oxygen atoms in total. The summed E-state index contributed by atoms with van der Waals surface area (Å²) in [7, 11) is 4.13. The highest BCUT2D eigenvalue weighted by Crippen LogP contribution is 2.21. The maximum absolute atomic E-state index is 12.2. The topological polar surface area (TPSA) is 106 Å². The van der Waals surface area contributed by atoms with E-state index >= 15 is 0 Å². The van der Waals surface area contributed by atoms with Gasteiger partial charge in [-0.1, -0.05) is 12.1 Å². The van der Waals surface area contributed by atoms with Crippen molar-refractivity contribution in [1.82, 2.24) is 34.4 Å². The van der Waals surface area contributed by atoms with Gasteiger partial charge in [-0.05, 0) is 44.8 Å². The van der Waals surface area contributed by atoms with Gasteiger partial charge >= 0.3 is 0 Å². The number of nitrogens with one attached hydrogen (secondary N) is 1. The predicted octanol–water partition coefficient (Wildman–Crippen LogP) is 2.13. The molecular formula is C24H29N9O2. The zero-order chi connectivity index (χ0) is 24.2. The molecule has 1 saturated heterocycles. The van der Waals surface area contributed by atoms with E-state index in [0.29, 0.717) is 25.6 Å². The van der Waals surface area contributed by atoms with Crippen molar-refractivity contribution >= 4 is 34.3 Å². The summed E-state index contributed by atoms with van der Waals surface area (Å²) in [6.07, 6.45) is 8.28. The van der Waals surface area contributed by atoms with Crippen LogP contribution in [0.5, 0.6) is 0 Å². The Labute approximate surface area is 203 Å². The van der Waals surface area contributed by atoms with Gasteiger partial charge in [0.1, 0.15) is 6.61 Å². The molecule has 35 heavy (non-hydrogen) atoms. The number of carbonyl (C=O) groups excluding carboxylic acids is 1. The van der Waals surface area contributed by atoms with Crippen LogP contribution < -0.4 is 10.2 Å². The summed E-state index contributed by atoms with van der Waals surface area (Å²) in [6, 6.07) is 7.94. The van der Waals surface area contributed by atoms with Crippen molar-refractivity contribution in [3.8, 4) is 0 Å². The predicted molar refractivity (Wildman–Crippen MR) is 133 cm³/mol. The standard InChI is InChI=1S/C24H29N9O2/c1-30(2)7-4-8-31-16-20(14-26-31)28-24-25-12-19-13-27-33(23(19)29-24)15-18-5-3-6-21(11-18)32-9-10-35-17-22(32)34/h3,5-6,11-14,16H,4,7-10,15,17H2,1-2H3,(H,25,28,29). The van der Waals surface area contributed by atoms with Crippen molar-refractivity contribution < 1.29 is 9.53 Å². The number of carbonyl (C=O) groups is 1. The monoisotopic (exact) mass is 475 g/mol. The lowest BCUT2D eigenvalue weighted by atomic mass is 10.1. The van der Waals surface area contributed by atoms with Crippen LogP contribution in [0.3, 0.4) is 0 Å². The van der Waals surface area contributed by atoms with Gasteiger partial charge in [0.25, 0.3) is 5.91 Å². The highest BCUT2D eigenvalue weighted by atomic mass is 16.5. The number of benzene rings is 1. The smallest absolute Gasteiger partial charge is 0.253 e. The highest BCUT2D eigenvalue weighted by molar-refractivity contribution is 5.94. The quantitative estimate of drug-likeness (QED) is 0.392. The largest absolute Gasteiger partial charge is 0.370 e. The summed E-state index contributed by atoms with van der Waals surface area (Å²) in [5.41, 5.74) is 3.46. The number of hydrogen-bond acceptors (Lipinski definition) is 8. The highest BCUT2D eigenvalue weighted by Gasteiger charge is 2.20. The number of rotatable bonds is 9. The number of amides is 1. The van der Waals surface area contributed by atoms with E-state index < -0.39 is 0 Å². The van der Waals surface area contributed by atoms with Crippen molar-refractivity contribution in [3.05, 3.63) is 54.6 Å². The zero-order valence-electron chi connectivity index (χ0n) is 20.0. The van der Waals surface area contributed by atoms with Crippen LogP contribution in [0.15, 0.2) is 49.1 Å². The van der Waals surface area contributed by atoms with Crippen LogP contribution in [-0.2, 0) is 22.6 Å². The summed E-state index contributed by atoms with van der Waals surface area (Å²) in [6.45, 7) is 3.61. The van der Waals surface area contributed by atoms with Crippen molar-refractivity contribution in [2.24, 2.45) is 0 Å². The molecule has 182 valence electrons. The molecule has 0 radical (unpaired) electrons. The Hall–Kier alpha value is -3.83. The molecule has 1 aliphatic rings. The third-order valence-electron chi connectivity index (χ3n) is 5.80. The average Bonchev–Trinajstić information content (AvgIpc) is 3.46. The fourth-order valence-corrected chi connectivity index (χ4v) is 4.06. The summed E-state index contributed by atoms with van der Waals surface area (Å²) in [4.78, 5) is 25.3. The summed E-state index contributed by atoms with van der Waals surface area (Å²) < 4.78 is 9.00. The van der Waals surface area contributed by atoms with Crippen molar-refractivity contribution in [1.29, 1.82) is 0 Å². The molecule has 1 N–H and O–H groups in total. The Bertz CT molecular complexity index is 1310. The number of fused-ring (bicyclic) bond motifs is 1. The third-order valence-corrected chi connectivity index (χ3v) is 5.80. The Balaban J connectivity index is 1.30. The number of morpholine rings is 1. The molecule has 0 atom stereocenters. The first kappa shape index (κ1) is 22.9. The number of aryl methyl sites for hydroxylation is 1. The van der Waals surface area contributed by atoms with Crippen LogP contribution in [0.25, 0.3) is 11.0 Å². The molecule has 4 aromatic rings. The van der Waals surface area contributed by atoms with E-state index in [4.69, 9.17) is 9.72 Å². The van der Waals surface area contributed by atoms with Gasteiger partial charge in [0.2, 0.25) is 5.95 Å². The number of anilines is 3. The van der Waals surface area contributed by atoms with Gasteiger partial charge in [-0.2, -0.15) is 15.2 Å². The molecule has 0 bridgehead atoms. The lowest BCUT2D eigenvalue weighted by Crippen LogP contribution is -2.41. The molecule has 0 aliphatic carbocycles. The molecule has 1 aliphatic heterocycles. The minimum absolute atomic E-state index is 0.0255. The number of hydrogen-bond donors (Lipinski definition) is 1. The lowest BCUT2D eigenvalue weighted by molar-refractivity contribution is -0.125. The van der Waals surface area contributed by atoms with Gasteiger partial charge in [-0.25, -0.2) is 9.67 Å². The van der Waals surface area contributed by atoms with Crippen molar-refractivity contribution in [3.63, 3.8) is 0 Å². The van der Waals surface area contributed by atoms with Crippen LogP contribution >= 0.6 is 0 Å². The van der Waals surface area contributed by atoms with Gasteiger partial charge in [-0.3, -0.25) is 9.48 Å². The fraction of sp³-hybridized carbons (Fsp3) is 0.375. The molecule has 0 unspecified atom stereocenters. The van der Waals surface area contributed by atoms with Crippen LogP contribution in [0, 0.1) is 0 Å². The van der Waals surface area contributed by atoms with Crippen molar-refractivity contribution in [2.75, 3.05) is 50.6 Å². The SMILES string of the molecule is CN(C)CCCn1cc(Nc2ncc3cnn(Cc4cccc(N5CCOCC5=O)c4)c3n2)cn1.